The molecule has 0 radical (unpaired) electrons. The van der Waals surface area contributed by atoms with Gasteiger partial charge in [0.05, 0.1) is 0 Å². The average Bonchev–Trinajstić information content (AvgIpc) is 2.05. The maximum atomic E-state index is 11.3. The van der Waals surface area contributed by atoms with Gasteiger partial charge in [-0.15, -0.1) is 6.58 Å². The van der Waals surface area contributed by atoms with Crippen LogP contribution < -0.4 is 10.6 Å². The van der Waals surface area contributed by atoms with Crippen LogP contribution in [0.3, 0.4) is 0 Å². The summed E-state index contributed by atoms with van der Waals surface area (Å²) >= 11 is 0. The molecule has 0 rings (SSSR count). The first-order valence-corrected chi connectivity index (χ1v) is 4.34. The molecule has 0 bridgehead atoms. The first kappa shape index (κ1) is 12.1. The van der Waals surface area contributed by atoms with Gasteiger partial charge in [-0.2, -0.15) is 0 Å². The van der Waals surface area contributed by atoms with Crippen molar-refractivity contribution in [1.29, 1.82) is 0 Å². The molecule has 0 unspecified atom stereocenters. The summed E-state index contributed by atoms with van der Waals surface area (Å²) < 4.78 is 0. The van der Waals surface area contributed by atoms with Crippen LogP contribution in [0.2, 0.25) is 0 Å². The topological polar surface area (TPSA) is 44.4 Å². The van der Waals surface area contributed by atoms with Crippen LogP contribution in [-0.2, 0) is 4.79 Å². The number of likely N-dealkylation sites (N-methyl/N-ethyl adjacent to an activating group) is 2. The summed E-state index contributed by atoms with van der Waals surface area (Å²) in [6.07, 6.45) is 1.59. The molecule has 4 heteroatoms. The Bertz CT molecular complexity index is 168. The van der Waals surface area contributed by atoms with Crippen molar-refractivity contribution >= 4 is 5.91 Å². The molecular weight excluding hydrogens is 166 g/mol. The fourth-order valence-electron chi connectivity index (χ4n) is 0.869. The maximum Gasteiger partial charge on any atom is 0.241 e. The van der Waals surface area contributed by atoms with Gasteiger partial charge in [-0.05, 0) is 21.1 Å². The Morgan fingerprint density at radius 1 is 1.62 bits per heavy atom. The lowest BCUT2D eigenvalue weighted by molar-refractivity contribution is -0.121. The summed E-state index contributed by atoms with van der Waals surface area (Å²) in [5, 5.41) is 5.65. The van der Waals surface area contributed by atoms with Crippen molar-refractivity contribution in [2.24, 2.45) is 0 Å². The second-order valence-electron chi connectivity index (χ2n) is 3.10. The number of carbonyl (C=O) groups excluding carboxylic acids is 1. The third kappa shape index (κ3) is 5.38. The van der Waals surface area contributed by atoms with Gasteiger partial charge in [-0.3, -0.25) is 4.79 Å². The van der Waals surface area contributed by atoms with Gasteiger partial charge >= 0.3 is 0 Å². The molecule has 76 valence electrons. The molecule has 0 aromatic carbocycles. The third-order valence-corrected chi connectivity index (χ3v) is 1.69. The van der Waals surface area contributed by atoms with E-state index in [0.717, 1.165) is 6.54 Å². The number of amides is 1. The number of rotatable bonds is 6. The molecule has 2 N–H and O–H groups in total. The van der Waals surface area contributed by atoms with Gasteiger partial charge in [-0.25, -0.2) is 0 Å². The molecule has 0 spiro atoms. The number of hydrogen-bond donors (Lipinski definition) is 2. The zero-order chi connectivity index (χ0) is 10.3. The maximum absolute atomic E-state index is 11.3. The number of hydrogen-bond acceptors (Lipinski definition) is 3. The van der Waals surface area contributed by atoms with Gasteiger partial charge in [-0.1, -0.05) is 6.08 Å². The van der Waals surface area contributed by atoms with Crippen molar-refractivity contribution in [2.75, 3.05) is 34.2 Å². The van der Waals surface area contributed by atoms with Crippen LogP contribution in [0.15, 0.2) is 12.7 Å². The van der Waals surface area contributed by atoms with Crippen LogP contribution in [0.1, 0.15) is 0 Å². The molecule has 0 heterocycles. The molecule has 13 heavy (non-hydrogen) atoms. The molecular formula is C9H19N3O. The monoisotopic (exact) mass is 185 g/mol. The Labute approximate surface area is 80.0 Å². The van der Waals surface area contributed by atoms with E-state index in [9.17, 15) is 4.79 Å². The number of carbonyl (C=O) groups is 1. The summed E-state index contributed by atoms with van der Waals surface area (Å²) in [6, 6.07) is -0.290. The minimum absolute atomic E-state index is 0.0284. The molecule has 0 saturated carbocycles. The van der Waals surface area contributed by atoms with E-state index in [1.54, 1.807) is 13.1 Å². The van der Waals surface area contributed by atoms with E-state index in [4.69, 9.17) is 0 Å². The molecule has 0 fully saturated rings. The summed E-state index contributed by atoms with van der Waals surface area (Å²) in [5.74, 6) is -0.0284. The fourth-order valence-corrected chi connectivity index (χ4v) is 0.869. The normalized spacial score (nSPS) is 12.6. The molecule has 0 aliphatic carbocycles. The van der Waals surface area contributed by atoms with Crippen molar-refractivity contribution in [2.45, 2.75) is 6.04 Å². The van der Waals surface area contributed by atoms with Crippen molar-refractivity contribution in [3.8, 4) is 0 Å². The Balaban J connectivity index is 3.66. The van der Waals surface area contributed by atoms with Gasteiger partial charge in [0.2, 0.25) is 5.91 Å². The van der Waals surface area contributed by atoms with Gasteiger partial charge in [0, 0.05) is 13.1 Å². The van der Waals surface area contributed by atoms with Crippen LogP contribution >= 0.6 is 0 Å². The number of nitrogens with one attached hydrogen (secondary N) is 2. The average molecular weight is 185 g/mol. The third-order valence-electron chi connectivity index (χ3n) is 1.69. The van der Waals surface area contributed by atoms with Gasteiger partial charge in [0.15, 0.2) is 0 Å². The molecule has 0 aromatic heterocycles. The Hall–Kier alpha value is -0.870. The minimum atomic E-state index is -0.290. The van der Waals surface area contributed by atoms with Crippen LogP contribution in [0.25, 0.3) is 0 Å². The molecule has 0 saturated heterocycles. The van der Waals surface area contributed by atoms with E-state index in [-0.39, 0.29) is 11.9 Å². The van der Waals surface area contributed by atoms with Gasteiger partial charge in [0.25, 0.3) is 0 Å². The van der Waals surface area contributed by atoms with Gasteiger partial charge in [0.1, 0.15) is 6.04 Å². The van der Waals surface area contributed by atoms with E-state index in [1.807, 2.05) is 19.0 Å². The first-order chi connectivity index (χ1) is 6.11. The Kier molecular flexibility index (Phi) is 6.18. The predicted octanol–water partition coefficient (Wildman–Crippen LogP) is -0.562. The SMILES string of the molecule is C=C[C@@H](NC)C(=O)NCCN(C)C. The van der Waals surface area contributed by atoms with Crippen LogP contribution in [-0.4, -0.2) is 51.1 Å². The minimum Gasteiger partial charge on any atom is -0.353 e. The fraction of sp³-hybridized carbons (Fsp3) is 0.667. The predicted molar refractivity (Wildman–Crippen MR) is 54.6 cm³/mol. The van der Waals surface area contributed by atoms with Crippen LogP contribution in [0, 0.1) is 0 Å². The lowest BCUT2D eigenvalue weighted by Gasteiger charge is -2.13. The zero-order valence-electron chi connectivity index (χ0n) is 8.63. The molecule has 0 aromatic rings. The highest BCUT2D eigenvalue weighted by Crippen LogP contribution is 1.83. The summed E-state index contributed by atoms with van der Waals surface area (Å²) in [6.45, 7) is 5.07. The van der Waals surface area contributed by atoms with Gasteiger partial charge < -0.3 is 15.5 Å². The highest BCUT2D eigenvalue weighted by Gasteiger charge is 2.10. The second kappa shape index (κ2) is 6.62. The van der Waals surface area contributed by atoms with Crippen molar-refractivity contribution in [3.63, 3.8) is 0 Å². The lowest BCUT2D eigenvalue weighted by Crippen LogP contribution is -2.43. The molecule has 4 nitrogen and oxygen atoms in total. The molecule has 0 aliphatic rings. The van der Waals surface area contributed by atoms with E-state index in [1.165, 1.54) is 0 Å². The summed E-state index contributed by atoms with van der Waals surface area (Å²) in [4.78, 5) is 13.3. The smallest absolute Gasteiger partial charge is 0.241 e. The Morgan fingerprint density at radius 3 is 2.62 bits per heavy atom. The molecule has 0 aliphatic heterocycles. The Morgan fingerprint density at radius 2 is 2.23 bits per heavy atom. The highest BCUT2D eigenvalue weighted by molar-refractivity contribution is 5.83. The van der Waals surface area contributed by atoms with Crippen molar-refractivity contribution in [1.82, 2.24) is 15.5 Å². The summed E-state index contributed by atoms with van der Waals surface area (Å²) in [7, 11) is 5.67. The van der Waals surface area contributed by atoms with E-state index in [2.05, 4.69) is 17.2 Å². The standard InChI is InChI=1S/C9H19N3O/c1-5-8(10-2)9(13)11-6-7-12(3)4/h5,8,10H,1,6-7H2,2-4H3,(H,11,13)/t8-/m1/s1. The zero-order valence-corrected chi connectivity index (χ0v) is 8.63. The van der Waals surface area contributed by atoms with E-state index >= 15 is 0 Å². The van der Waals surface area contributed by atoms with Crippen molar-refractivity contribution < 1.29 is 4.79 Å². The first-order valence-electron chi connectivity index (χ1n) is 4.34. The van der Waals surface area contributed by atoms with E-state index in [0.29, 0.717) is 6.54 Å². The van der Waals surface area contributed by atoms with Crippen LogP contribution in [0.5, 0.6) is 0 Å². The summed E-state index contributed by atoms with van der Waals surface area (Å²) in [5.41, 5.74) is 0. The lowest BCUT2D eigenvalue weighted by atomic mass is 10.3. The number of nitrogens with zero attached hydrogens (tertiary/aromatic N) is 1. The largest absolute Gasteiger partial charge is 0.353 e. The second-order valence-corrected chi connectivity index (χ2v) is 3.10. The van der Waals surface area contributed by atoms with Crippen molar-refractivity contribution in [3.05, 3.63) is 12.7 Å². The van der Waals surface area contributed by atoms with Crippen LogP contribution in [0.4, 0.5) is 0 Å². The highest BCUT2D eigenvalue weighted by atomic mass is 16.2. The quantitative estimate of drug-likeness (QED) is 0.545. The van der Waals surface area contributed by atoms with E-state index < -0.39 is 0 Å². The molecule has 1 atom stereocenters. The molecule has 1 amide bonds.